The van der Waals surface area contributed by atoms with Crippen molar-refractivity contribution in [3.63, 3.8) is 0 Å². The van der Waals surface area contributed by atoms with Gasteiger partial charge in [-0.15, -0.1) is 11.8 Å². The van der Waals surface area contributed by atoms with E-state index < -0.39 is 0 Å². The lowest BCUT2D eigenvalue weighted by molar-refractivity contribution is 0.0742. The zero-order chi connectivity index (χ0) is 20.1. The van der Waals surface area contributed by atoms with Crippen LogP contribution in [0.1, 0.15) is 15.9 Å². The van der Waals surface area contributed by atoms with Crippen molar-refractivity contribution in [3.8, 4) is 0 Å². The minimum atomic E-state index is -0.258. The van der Waals surface area contributed by atoms with Crippen molar-refractivity contribution in [2.24, 2.45) is 0 Å². The van der Waals surface area contributed by atoms with Crippen LogP contribution in [0.25, 0.3) is 0 Å². The average Bonchev–Trinajstić information content (AvgIpc) is 2.78. The van der Waals surface area contributed by atoms with Gasteiger partial charge in [-0.2, -0.15) is 0 Å². The van der Waals surface area contributed by atoms with Gasteiger partial charge in [0.1, 0.15) is 16.7 Å². The monoisotopic (exact) mass is 408 g/mol. The van der Waals surface area contributed by atoms with Crippen LogP contribution in [0.4, 0.5) is 10.2 Å². The summed E-state index contributed by atoms with van der Waals surface area (Å²) in [4.78, 5) is 25.9. The fourth-order valence-corrected chi connectivity index (χ4v) is 4.23. The molecule has 0 bridgehead atoms. The van der Waals surface area contributed by atoms with Crippen molar-refractivity contribution in [2.75, 3.05) is 31.1 Å². The Balaban J connectivity index is 1.41. The molecule has 1 fully saturated rings. The Morgan fingerprint density at radius 1 is 0.966 bits per heavy atom. The molecule has 1 saturated heterocycles. The highest BCUT2D eigenvalue weighted by Gasteiger charge is 2.24. The zero-order valence-corrected chi connectivity index (χ0v) is 16.7. The number of hydrogen-bond donors (Lipinski definition) is 0. The number of carbonyl (C=O) groups is 1. The van der Waals surface area contributed by atoms with Gasteiger partial charge in [-0.3, -0.25) is 4.79 Å². The Morgan fingerprint density at radius 3 is 2.55 bits per heavy atom. The van der Waals surface area contributed by atoms with Crippen LogP contribution >= 0.6 is 11.8 Å². The molecule has 1 aliphatic rings. The van der Waals surface area contributed by atoms with Crippen LogP contribution in [-0.4, -0.2) is 47.0 Å². The number of pyridine rings is 2. The summed E-state index contributed by atoms with van der Waals surface area (Å²) < 4.78 is 13.4. The minimum Gasteiger partial charge on any atom is -0.353 e. The Bertz CT molecular complexity index is 977. The second-order valence-corrected chi connectivity index (χ2v) is 7.71. The third-order valence-electron chi connectivity index (χ3n) is 4.81. The molecule has 0 aliphatic carbocycles. The molecule has 2 aromatic heterocycles. The predicted octanol–water partition coefficient (Wildman–Crippen LogP) is 3.87. The topological polar surface area (TPSA) is 49.3 Å². The normalized spacial score (nSPS) is 14.1. The van der Waals surface area contributed by atoms with Gasteiger partial charge in [0, 0.05) is 44.3 Å². The van der Waals surface area contributed by atoms with E-state index in [0.717, 1.165) is 24.5 Å². The average molecular weight is 409 g/mol. The van der Waals surface area contributed by atoms with Crippen molar-refractivity contribution in [3.05, 3.63) is 83.9 Å². The Morgan fingerprint density at radius 2 is 1.79 bits per heavy atom. The zero-order valence-electron chi connectivity index (χ0n) is 15.9. The highest BCUT2D eigenvalue weighted by atomic mass is 32.2. The first-order chi connectivity index (χ1) is 14.2. The van der Waals surface area contributed by atoms with Gasteiger partial charge in [-0.05, 0) is 42.0 Å². The number of thioether (sulfide) groups is 1. The number of aromatic nitrogens is 2. The molecule has 7 heteroatoms. The van der Waals surface area contributed by atoms with Gasteiger partial charge in [0.05, 0.1) is 5.56 Å². The molecule has 1 aromatic carbocycles. The highest BCUT2D eigenvalue weighted by molar-refractivity contribution is 7.98. The van der Waals surface area contributed by atoms with E-state index in [1.165, 1.54) is 23.9 Å². The van der Waals surface area contributed by atoms with Crippen LogP contribution in [-0.2, 0) is 5.75 Å². The molecule has 0 unspecified atom stereocenters. The van der Waals surface area contributed by atoms with Crippen LogP contribution in [0.3, 0.4) is 0 Å². The molecule has 0 radical (unpaired) electrons. The van der Waals surface area contributed by atoms with Gasteiger partial charge >= 0.3 is 0 Å². The summed E-state index contributed by atoms with van der Waals surface area (Å²) in [6.07, 6.45) is 3.47. The maximum absolute atomic E-state index is 13.4. The van der Waals surface area contributed by atoms with Crippen LogP contribution in [0, 0.1) is 5.82 Å². The van der Waals surface area contributed by atoms with Gasteiger partial charge in [0.25, 0.3) is 5.91 Å². The molecule has 148 valence electrons. The lowest BCUT2D eigenvalue weighted by atomic mass is 10.2. The lowest BCUT2D eigenvalue weighted by Crippen LogP contribution is -2.49. The third-order valence-corrected chi connectivity index (χ3v) is 5.88. The molecule has 0 spiro atoms. The molecule has 5 nitrogen and oxygen atoms in total. The SMILES string of the molecule is O=C(c1cccnc1SCc1cccc(F)c1)N1CCN(c2ccccn2)CC1. The molecule has 3 heterocycles. The van der Waals surface area contributed by atoms with Crippen LogP contribution in [0.5, 0.6) is 0 Å². The predicted molar refractivity (Wildman–Crippen MR) is 113 cm³/mol. The van der Waals surface area contributed by atoms with E-state index in [9.17, 15) is 9.18 Å². The maximum atomic E-state index is 13.4. The highest BCUT2D eigenvalue weighted by Crippen LogP contribution is 2.26. The summed E-state index contributed by atoms with van der Waals surface area (Å²) in [5, 5.41) is 0.675. The summed E-state index contributed by atoms with van der Waals surface area (Å²) in [6.45, 7) is 2.76. The van der Waals surface area contributed by atoms with Crippen molar-refractivity contribution in [1.82, 2.24) is 14.9 Å². The van der Waals surface area contributed by atoms with E-state index in [4.69, 9.17) is 0 Å². The molecule has 1 amide bonds. The smallest absolute Gasteiger partial charge is 0.256 e. The van der Waals surface area contributed by atoms with Crippen LogP contribution < -0.4 is 4.90 Å². The van der Waals surface area contributed by atoms with Crippen molar-refractivity contribution in [2.45, 2.75) is 10.8 Å². The van der Waals surface area contributed by atoms with Gasteiger partial charge in [0.2, 0.25) is 0 Å². The second kappa shape index (κ2) is 9.05. The Labute approximate surface area is 173 Å². The molecular formula is C22H21FN4OS. The molecular weight excluding hydrogens is 387 g/mol. The molecule has 4 rings (SSSR count). The number of hydrogen-bond acceptors (Lipinski definition) is 5. The van der Waals surface area contributed by atoms with E-state index >= 15 is 0 Å². The molecule has 3 aromatic rings. The minimum absolute atomic E-state index is 0.0134. The number of carbonyl (C=O) groups excluding carboxylic acids is 1. The third kappa shape index (κ3) is 4.74. The van der Waals surface area contributed by atoms with E-state index in [1.54, 1.807) is 24.5 Å². The molecule has 0 saturated carbocycles. The summed E-state index contributed by atoms with van der Waals surface area (Å²) in [6, 6.07) is 15.9. The van der Waals surface area contributed by atoms with Gasteiger partial charge in [-0.1, -0.05) is 18.2 Å². The Hall–Kier alpha value is -2.93. The van der Waals surface area contributed by atoms with Gasteiger partial charge in [-0.25, -0.2) is 14.4 Å². The summed E-state index contributed by atoms with van der Waals surface area (Å²) in [5.74, 6) is 1.22. The first-order valence-corrected chi connectivity index (χ1v) is 10.5. The van der Waals surface area contributed by atoms with Crippen LogP contribution in [0.15, 0.2) is 72.0 Å². The fraction of sp³-hybridized carbons (Fsp3) is 0.227. The number of halogens is 1. The van der Waals surface area contributed by atoms with Crippen molar-refractivity contribution in [1.29, 1.82) is 0 Å². The number of anilines is 1. The summed E-state index contributed by atoms with van der Waals surface area (Å²) in [7, 11) is 0. The van der Waals surface area contributed by atoms with Crippen molar-refractivity contribution >= 4 is 23.5 Å². The summed E-state index contributed by atoms with van der Waals surface area (Å²) in [5.41, 5.74) is 1.46. The standard InChI is InChI=1S/C22H21FN4OS/c23-18-6-3-5-17(15-18)16-29-21-19(7-4-10-25-21)22(28)27-13-11-26(12-14-27)20-8-1-2-9-24-20/h1-10,15H,11-14,16H2. The number of amides is 1. The molecule has 0 atom stereocenters. The first kappa shape index (κ1) is 19.4. The van der Waals surface area contributed by atoms with E-state index in [-0.39, 0.29) is 11.7 Å². The number of benzene rings is 1. The number of rotatable bonds is 5. The van der Waals surface area contributed by atoms with E-state index in [1.807, 2.05) is 35.2 Å². The van der Waals surface area contributed by atoms with Crippen molar-refractivity contribution < 1.29 is 9.18 Å². The van der Waals surface area contributed by atoms with Gasteiger partial charge < -0.3 is 9.80 Å². The lowest BCUT2D eigenvalue weighted by Gasteiger charge is -2.35. The first-order valence-electron chi connectivity index (χ1n) is 9.48. The number of nitrogens with zero attached hydrogens (tertiary/aromatic N) is 4. The second-order valence-electron chi connectivity index (χ2n) is 6.74. The van der Waals surface area contributed by atoms with E-state index in [0.29, 0.717) is 29.4 Å². The molecule has 29 heavy (non-hydrogen) atoms. The maximum Gasteiger partial charge on any atom is 0.256 e. The van der Waals surface area contributed by atoms with Crippen LogP contribution in [0.2, 0.25) is 0 Å². The quantitative estimate of drug-likeness (QED) is 0.600. The molecule has 1 aliphatic heterocycles. The fourth-order valence-electron chi connectivity index (χ4n) is 3.30. The largest absolute Gasteiger partial charge is 0.353 e. The summed E-state index contributed by atoms with van der Waals surface area (Å²) >= 11 is 1.45. The van der Waals surface area contributed by atoms with Gasteiger partial charge in [0.15, 0.2) is 0 Å². The number of piperazine rings is 1. The van der Waals surface area contributed by atoms with E-state index in [2.05, 4.69) is 14.9 Å². The molecule has 0 N–H and O–H groups in total. The Kier molecular flexibility index (Phi) is 6.05.